The Hall–Kier alpha value is -1.30. The molecule has 1 atom stereocenters. The van der Waals surface area contributed by atoms with Gasteiger partial charge in [-0.05, 0) is 27.8 Å². The number of likely N-dealkylation sites (N-methyl/N-ethyl adjacent to an activating group) is 1. The fourth-order valence-electron chi connectivity index (χ4n) is 0.989. The van der Waals surface area contributed by atoms with Crippen molar-refractivity contribution in [2.45, 2.75) is 32.4 Å². The second-order valence-electron chi connectivity index (χ2n) is 4.28. The Morgan fingerprint density at radius 2 is 1.88 bits per heavy atom. The largest absolute Gasteiger partial charge is 0.467 e. The second-order valence-corrected chi connectivity index (χ2v) is 4.28. The first-order chi connectivity index (χ1) is 7.30. The highest BCUT2D eigenvalue weighted by molar-refractivity contribution is 5.81. The first kappa shape index (κ1) is 14.7. The summed E-state index contributed by atoms with van der Waals surface area (Å²) in [6, 6.07) is -0.746. The molecule has 6 nitrogen and oxygen atoms in total. The summed E-state index contributed by atoms with van der Waals surface area (Å²) in [5.74, 6) is -0.514. The molecule has 0 aliphatic heterocycles. The highest BCUT2D eigenvalue weighted by atomic mass is 16.6. The molecular weight excluding hydrogens is 212 g/mol. The average Bonchev–Trinajstić information content (AvgIpc) is 2.13. The molecule has 0 radical (unpaired) electrons. The van der Waals surface area contributed by atoms with Crippen molar-refractivity contribution in [2.75, 3.05) is 20.7 Å². The SMILES string of the molecule is CNC[C@H](NC(=O)OC(C)(C)C)C(=O)OC. The lowest BCUT2D eigenvalue weighted by atomic mass is 10.2. The topological polar surface area (TPSA) is 76.7 Å². The highest BCUT2D eigenvalue weighted by Gasteiger charge is 2.24. The first-order valence-corrected chi connectivity index (χ1v) is 5.02. The van der Waals surface area contributed by atoms with Gasteiger partial charge in [-0.2, -0.15) is 0 Å². The van der Waals surface area contributed by atoms with E-state index < -0.39 is 23.7 Å². The van der Waals surface area contributed by atoms with Crippen LogP contribution >= 0.6 is 0 Å². The Balaban J connectivity index is 4.29. The summed E-state index contributed by atoms with van der Waals surface area (Å²) in [7, 11) is 2.94. The van der Waals surface area contributed by atoms with Crippen molar-refractivity contribution in [3.8, 4) is 0 Å². The number of esters is 1. The molecule has 0 bridgehead atoms. The van der Waals surface area contributed by atoms with E-state index in [1.165, 1.54) is 7.11 Å². The van der Waals surface area contributed by atoms with Crippen LogP contribution in [-0.4, -0.2) is 44.4 Å². The van der Waals surface area contributed by atoms with E-state index in [1.807, 2.05) is 0 Å². The number of methoxy groups -OCH3 is 1. The fourth-order valence-corrected chi connectivity index (χ4v) is 0.989. The predicted octanol–water partition coefficient (Wildman–Crippen LogP) is 0.272. The van der Waals surface area contributed by atoms with Gasteiger partial charge in [-0.15, -0.1) is 0 Å². The normalized spacial score (nSPS) is 12.8. The van der Waals surface area contributed by atoms with Crippen LogP contribution in [0.3, 0.4) is 0 Å². The van der Waals surface area contributed by atoms with Gasteiger partial charge >= 0.3 is 12.1 Å². The molecule has 0 aromatic rings. The van der Waals surface area contributed by atoms with Crippen LogP contribution in [0.25, 0.3) is 0 Å². The minimum absolute atomic E-state index is 0.284. The van der Waals surface area contributed by atoms with Crippen LogP contribution in [0.5, 0.6) is 0 Å². The molecule has 0 aliphatic carbocycles. The van der Waals surface area contributed by atoms with Gasteiger partial charge in [-0.25, -0.2) is 9.59 Å². The predicted molar refractivity (Wildman–Crippen MR) is 59.1 cm³/mol. The number of alkyl carbamates (subject to hydrolysis) is 1. The third-order valence-corrected chi connectivity index (χ3v) is 1.58. The van der Waals surface area contributed by atoms with Crippen LogP contribution in [0.2, 0.25) is 0 Å². The lowest BCUT2D eigenvalue weighted by molar-refractivity contribution is -0.143. The Labute approximate surface area is 95.7 Å². The van der Waals surface area contributed by atoms with E-state index in [4.69, 9.17) is 4.74 Å². The molecule has 0 spiro atoms. The van der Waals surface area contributed by atoms with Gasteiger partial charge in [0.15, 0.2) is 0 Å². The van der Waals surface area contributed by atoms with Gasteiger partial charge in [0, 0.05) is 6.54 Å². The first-order valence-electron chi connectivity index (χ1n) is 5.02. The van der Waals surface area contributed by atoms with Gasteiger partial charge in [0.25, 0.3) is 0 Å². The standard InChI is InChI=1S/C10H20N2O4/c1-10(2,3)16-9(14)12-7(6-11-4)8(13)15-5/h7,11H,6H2,1-5H3,(H,12,14)/t7-/m0/s1. The Bertz CT molecular complexity index is 248. The summed E-state index contributed by atoms with van der Waals surface area (Å²) in [5.41, 5.74) is -0.593. The molecule has 0 saturated heterocycles. The number of rotatable bonds is 4. The zero-order valence-electron chi connectivity index (χ0n) is 10.4. The van der Waals surface area contributed by atoms with E-state index in [-0.39, 0.29) is 6.54 Å². The molecule has 0 heterocycles. The zero-order valence-corrected chi connectivity index (χ0v) is 10.4. The smallest absolute Gasteiger partial charge is 0.408 e. The Kier molecular flexibility index (Phi) is 5.81. The lowest BCUT2D eigenvalue weighted by Gasteiger charge is -2.22. The van der Waals surface area contributed by atoms with Gasteiger partial charge in [0.2, 0.25) is 0 Å². The maximum absolute atomic E-state index is 11.4. The van der Waals surface area contributed by atoms with E-state index >= 15 is 0 Å². The number of ether oxygens (including phenoxy) is 2. The molecule has 0 fully saturated rings. The van der Waals surface area contributed by atoms with Crippen LogP contribution < -0.4 is 10.6 Å². The van der Waals surface area contributed by atoms with Crippen molar-refractivity contribution in [3.63, 3.8) is 0 Å². The zero-order chi connectivity index (χ0) is 12.8. The summed E-state index contributed by atoms with van der Waals surface area (Å²) < 4.78 is 9.57. The second kappa shape index (κ2) is 6.32. The summed E-state index contributed by atoms with van der Waals surface area (Å²) in [6.45, 7) is 5.53. The lowest BCUT2D eigenvalue weighted by Crippen LogP contribution is -2.48. The molecule has 0 saturated carbocycles. The van der Waals surface area contributed by atoms with E-state index in [0.717, 1.165) is 0 Å². The van der Waals surface area contributed by atoms with E-state index in [2.05, 4.69) is 15.4 Å². The third kappa shape index (κ3) is 6.23. The summed E-state index contributed by atoms with van der Waals surface area (Å²) in [6.07, 6.45) is -0.641. The molecule has 2 N–H and O–H groups in total. The van der Waals surface area contributed by atoms with Gasteiger partial charge in [-0.3, -0.25) is 0 Å². The number of hydrogen-bond donors (Lipinski definition) is 2. The van der Waals surface area contributed by atoms with Crippen molar-refractivity contribution >= 4 is 12.1 Å². The Morgan fingerprint density at radius 3 is 2.25 bits per heavy atom. The Morgan fingerprint density at radius 1 is 1.31 bits per heavy atom. The minimum atomic E-state index is -0.746. The van der Waals surface area contributed by atoms with Crippen LogP contribution in [-0.2, 0) is 14.3 Å². The van der Waals surface area contributed by atoms with E-state index in [9.17, 15) is 9.59 Å². The number of hydrogen-bond acceptors (Lipinski definition) is 5. The molecule has 1 amide bonds. The van der Waals surface area contributed by atoms with Gasteiger partial charge in [-0.1, -0.05) is 0 Å². The maximum atomic E-state index is 11.4. The van der Waals surface area contributed by atoms with Crippen LogP contribution in [0.1, 0.15) is 20.8 Å². The molecule has 0 aliphatic rings. The molecule has 94 valence electrons. The summed E-state index contributed by atoms with van der Waals surface area (Å²) >= 11 is 0. The monoisotopic (exact) mass is 232 g/mol. The molecular formula is C10H20N2O4. The summed E-state index contributed by atoms with van der Waals surface area (Å²) in [5, 5.41) is 5.21. The number of nitrogens with one attached hydrogen (secondary N) is 2. The number of carbonyl (C=O) groups is 2. The molecule has 0 rings (SSSR count). The van der Waals surface area contributed by atoms with E-state index in [1.54, 1.807) is 27.8 Å². The molecule has 0 unspecified atom stereocenters. The van der Waals surface area contributed by atoms with Gasteiger partial charge in [0.05, 0.1) is 7.11 Å². The van der Waals surface area contributed by atoms with Crippen molar-refractivity contribution < 1.29 is 19.1 Å². The van der Waals surface area contributed by atoms with E-state index in [0.29, 0.717) is 0 Å². The fraction of sp³-hybridized carbons (Fsp3) is 0.800. The quantitative estimate of drug-likeness (QED) is 0.680. The molecule has 0 aromatic carbocycles. The third-order valence-electron chi connectivity index (χ3n) is 1.58. The van der Waals surface area contributed by atoms with Crippen LogP contribution in [0.15, 0.2) is 0 Å². The minimum Gasteiger partial charge on any atom is -0.467 e. The van der Waals surface area contributed by atoms with Gasteiger partial charge < -0.3 is 20.1 Å². The van der Waals surface area contributed by atoms with Crippen molar-refractivity contribution in [1.29, 1.82) is 0 Å². The van der Waals surface area contributed by atoms with Crippen LogP contribution in [0, 0.1) is 0 Å². The summed E-state index contributed by atoms with van der Waals surface area (Å²) in [4.78, 5) is 22.7. The number of carbonyl (C=O) groups excluding carboxylic acids is 2. The maximum Gasteiger partial charge on any atom is 0.408 e. The van der Waals surface area contributed by atoms with Crippen LogP contribution in [0.4, 0.5) is 4.79 Å². The molecule has 16 heavy (non-hydrogen) atoms. The van der Waals surface area contributed by atoms with Crippen molar-refractivity contribution in [2.24, 2.45) is 0 Å². The number of amides is 1. The van der Waals surface area contributed by atoms with Crippen molar-refractivity contribution in [3.05, 3.63) is 0 Å². The molecule has 6 heteroatoms. The molecule has 0 aromatic heterocycles. The highest BCUT2D eigenvalue weighted by Crippen LogP contribution is 2.06. The average molecular weight is 232 g/mol. The van der Waals surface area contributed by atoms with Gasteiger partial charge in [0.1, 0.15) is 11.6 Å². The van der Waals surface area contributed by atoms with Crippen molar-refractivity contribution in [1.82, 2.24) is 10.6 Å².